The Morgan fingerprint density at radius 1 is 1.33 bits per heavy atom. The molecular weight excluding hydrogens is 224 g/mol. The van der Waals surface area contributed by atoms with E-state index in [0.29, 0.717) is 0 Å². The molecule has 0 aliphatic heterocycles. The zero-order valence-corrected chi connectivity index (χ0v) is 7.40. The van der Waals surface area contributed by atoms with E-state index in [9.17, 15) is 26.2 Å². The van der Waals surface area contributed by atoms with Gasteiger partial charge in [-0.25, -0.2) is 0 Å². The Kier molecular flexibility index (Phi) is 3.70. The highest BCUT2D eigenvalue weighted by Crippen LogP contribution is 2.28. The molecule has 1 atom stereocenters. The smallest absolute Gasteiger partial charge is 0.294 e. The third-order valence-corrected chi connectivity index (χ3v) is 1.78. The molecule has 1 unspecified atom stereocenters. The third kappa shape index (κ3) is 3.53. The standard InChI is InChI=1S/C2H4F3O5PS/c1-11(6)9-10-12(7,8)2(3,4)5/h11H,1H3. The maximum Gasteiger partial charge on any atom is 0.525 e. The lowest BCUT2D eigenvalue weighted by Gasteiger charge is -2.04. The summed E-state index contributed by atoms with van der Waals surface area (Å²) in [4.78, 5) is 0. The van der Waals surface area contributed by atoms with Crippen molar-refractivity contribution in [3.05, 3.63) is 0 Å². The van der Waals surface area contributed by atoms with Crippen molar-refractivity contribution in [1.82, 2.24) is 0 Å². The van der Waals surface area contributed by atoms with Gasteiger partial charge < -0.3 is 0 Å². The molecule has 0 heterocycles. The van der Waals surface area contributed by atoms with Gasteiger partial charge in [0.1, 0.15) is 0 Å². The Bertz CT molecular complexity index is 267. The van der Waals surface area contributed by atoms with Crippen LogP contribution in [0.3, 0.4) is 0 Å². The molecule has 74 valence electrons. The Labute approximate surface area is 66.4 Å². The van der Waals surface area contributed by atoms with Crippen molar-refractivity contribution >= 4 is 18.1 Å². The number of rotatable bonds is 3. The van der Waals surface area contributed by atoms with Crippen molar-refractivity contribution in [3.63, 3.8) is 0 Å². The topological polar surface area (TPSA) is 69.7 Å². The van der Waals surface area contributed by atoms with Gasteiger partial charge in [0.05, 0.1) is 0 Å². The summed E-state index contributed by atoms with van der Waals surface area (Å²) in [6, 6.07) is 0. The zero-order valence-electron chi connectivity index (χ0n) is 5.58. The predicted octanol–water partition coefficient (Wildman–Crippen LogP) is 0.889. The molecule has 0 bridgehead atoms. The van der Waals surface area contributed by atoms with Gasteiger partial charge in [-0.1, -0.05) is 4.33 Å². The van der Waals surface area contributed by atoms with Gasteiger partial charge in [0.15, 0.2) is 0 Å². The van der Waals surface area contributed by atoms with Crippen LogP contribution in [0.15, 0.2) is 0 Å². The molecule has 0 fully saturated rings. The minimum absolute atomic E-state index is 0.872. The van der Waals surface area contributed by atoms with Crippen LogP contribution in [0.25, 0.3) is 0 Å². The molecule has 0 aliphatic carbocycles. The van der Waals surface area contributed by atoms with Gasteiger partial charge in [-0.2, -0.15) is 26.3 Å². The normalized spacial score (nSPS) is 16.0. The molecule has 0 aromatic heterocycles. The molecule has 10 heteroatoms. The fourth-order valence-electron chi connectivity index (χ4n) is 0.131. The summed E-state index contributed by atoms with van der Waals surface area (Å²) in [5.41, 5.74) is -5.57. The predicted molar refractivity (Wildman–Crippen MR) is 32.1 cm³/mol. The number of halogens is 3. The van der Waals surface area contributed by atoms with Gasteiger partial charge in [0.25, 0.3) is 0 Å². The van der Waals surface area contributed by atoms with Crippen LogP contribution in [0.5, 0.6) is 0 Å². The third-order valence-electron chi connectivity index (χ3n) is 0.524. The van der Waals surface area contributed by atoms with Crippen LogP contribution < -0.4 is 0 Å². The molecule has 0 aliphatic rings. The van der Waals surface area contributed by atoms with E-state index < -0.39 is 23.7 Å². The number of hydrogen-bond donors (Lipinski definition) is 0. The van der Waals surface area contributed by atoms with Crippen molar-refractivity contribution < 1.29 is 35.2 Å². The second kappa shape index (κ2) is 3.73. The van der Waals surface area contributed by atoms with Crippen LogP contribution in [-0.2, 0) is 23.7 Å². The summed E-state index contributed by atoms with van der Waals surface area (Å²) < 4.78 is 70.5. The molecule has 0 spiro atoms. The minimum atomic E-state index is -5.79. The van der Waals surface area contributed by atoms with Gasteiger partial charge in [0.2, 0.25) is 8.03 Å². The molecule has 0 radical (unpaired) electrons. The van der Waals surface area contributed by atoms with Crippen LogP contribution in [0.1, 0.15) is 0 Å². The molecule has 0 saturated carbocycles. The van der Waals surface area contributed by atoms with E-state index in [1.54, 1.807) is 0 Å². The molecule has 0 amide bonds. The lowest BCUT2D eigenvalue weighted by Crippen LogP contribution is -2.24. The largest absolute Gasteiger partial charge is 0.525 e. The van der Waals surface area contributed by atoms with E-state index in [1.807, 2.05) is 0 Å². The van der Waals surface area contributed by atoms with Crippen LogP contribution in [-0.4, -0.2) is 20.6 Å². The molecular formula is C2H4F3O5PS. The van der Waals surface area contributed by atoms with Gasteiger partial charge in [0, 0.05) is 6.66 Å². The fraction of sp³-hybridized carbons (Fsp3) is 1.00. The number of alkyl halides is 3. The van der Waals surface area contributed by atoms with Crippen LogP contribution >= 0.6 is 8.03 Å². The Balaban J connectivity index is 4.37. The van der Waals surface area contributed by atoms with Gasteiger partial charge in [-0.15, -0.1) is 0 Å². The SMILES string of the molecule is C[PH](=O)OOS(=O)(=O)C(F)(F)F. The fourth-order valence-corrected chi connectivity index (χ4v) is 0.950. The molecule has 0 N–H and O–H groups in total. The van der Waals surface area contributed by atoms with Crippen molar-refractivity contribution in [2.45, 2.75) is 5.51 Å². The van der Waals surface area contributed by atoms with Crippen LogP contribution in [0.4, 0.5) is 13.2 Å². The molecule has 0 aromatic rings. The maximum atomic E-state index is 11.4. The average Bonchev–Trinajstić information content (AvgIpc) is 1.81. The molecule has 12 heavy (non-hydrogen) atoms. The summed E-state index contributed by atoms with van der Waals surface area (Å²) in [6.45, 7) is 0.872. The summed E-state index contributed by atoms with van der Waals surface area (Å²) in [5.74, 6) is 0. The highest BCUT2D eigenvalue weighted by Gasteiger charge is 2.48. The number of hydrogen-bond acceptors (Lipinski definition) is 5. The van der Waals surface area contributed by atoms with E-state index in [0.717, 1.165) is 6.66 Å². The van der Waals surface area contributed by atoms with E-state index in [4.69, 9.17) is 0 Å². The Morgan fingerprint density at radius 3 is 2.00 bits per heavy atom. The van der Waals surface area contributed by atoms with Gasteiger partial charge in [-0.05, 0) is 0 Å². The molecule has 5 nitrogen and oxygen atoms in total. The van der Waals surface area contributed by atoms with E-state index in [-0.39, 0.29) is 0 Å². The van der Waals surface area contributed by atoms with Crippen molar-refractivity contribution in [3.8, 4) is 0 Å². The monoisotopic (exact) mass is 228 g/mol. The summed E-state index contributed by atoms with van der Waals surface area (Å²) in [7, 11) is -8.67. The second-order valence-corrected chi connectivity index (χ2v) is 4.20. The quantitative estimate of drug-likeness (QED) is 0.310. The minimum Gasteiger partial charge on any atom is -0.294 e. The maximum absolute atomic E-state index is 11.4. The van der Waals surface area contributed by atoms with Crippen molar-refractivity contribution in [2.75, 3.05) is 6.66 Å². The Hall–Kier alpha value is -0.110. The first-order chi connectivity index (χ1) is 5.17. The molecule has 0 rings (SSSR count). The van der Waals surface area contributed by atoms with Crippen molar-refractivity contribution in [2.24, 2.45) is 0 Å². The Morgan fingerprint density at radius 2 is 1.75 bits per heavy atom. The summed E-state index contributed by atoms with van der Waals surface area (Å²) in [6.07, 6.45) is 0. The molecule has 0 aromatic carbocycles. The first-order valence-electron chi connectivity index (χ1n) is 2.35. The lowest BCUT2D eigenvalue weighted by molar-refractivity contribution is -0.123. The summed E-state index contributed by atoms with van der Waals surface area (Å²) in [5, 5.41) is 0. The van der Waals surface area contributed by atoms with Crippen molar-refractivity contribution in [1.29, 1.82) is 0 Å². The lowest BCUT2D eigenvalue weighted by atomic mass is 11.6. The second-order valence-electron chi connectivity index (χ2n) is 1.54. The van der Waals surface area contributed by atoms with E-state index >= 15 is 0 Å². The van der Waals surface area contributed by atoms with Gasteiger partial charge >= 0.3 is 15.6 Å². The first kappa shape index (κ1) is 11.9. The summed E-state index contributed by atoms with van der Waals surface area (Å²) >= 11 is 0. The van der Waals surface area contributed by atoms with E-state index in [2.05, 4.69) is 9.01 Å². The van der Waals surface area contributed by atoms with Crippen LogP contribution in [0, 0.1) is 0 Å². The highest BCUT2D eigenvalue weighted by atomic mass is 32.2. The zero-order chi connectivity index (χ0) is 9.99. The van der Waals surface area contributed by atoms with Crippen LogP contribution in [0.2, 0.25) is 0 Å². The van der Waals surface area contributed by atoms with Gasteiger partial charge in [-0.3, -0.25) is 4.57 Å². The molecule has 0 saturated heterocycles. The van der Waals surface area contributed by atoms with E-state index in [1.165, 1.54) is 0 Å². The first-order valence-corrected chi connectivity index (χ1v) is 5.57. The highest BCUT2D eigenvalue weighted by molar-refractivity contribution is 7.87. The average molecular weight is 228 g/mol.